The van der Waals surface area contributed by atoms with E-state index in [1.165, 1.54) is 0 Å². The highest BCUT2D eigenvalue weighted by molar-refractivity contribution is 6.29. The van der Waals surface area contributed by atoms with Crippen LogP contribution in [0.4, 0.5) is 5.95 Å². The molecule has 1 amide bonds. The molecule has 1 rings (SSSR count). The van der Waals surface area contributed by atoms with Crippen LogP contribution in [0.1, 0.15) is 32.4 Å². The number of aromatic nitrogens is 2. The minimum Gasteiger partial charge on any atom is -0.294 e. The summed E-state index contributed by atoms with van der Waals surface area (Å²) in [6, 6.07) is 1.64. The summed E-state index contributed by atoms with van der Waals surface area (Å²) in [5.74, 6) is 0.564. The quantitative estimate of drug-likeness (QED) is 0.825. The Labute approximate surface area is 100 Å². The topological polar surface area (TPSA) is 54.9 Å². The van der Waals surface area contributed by atoms with Crippen LogP contribution in [0.2, 0.25) is 5.15 Å². The van der Waals surface area contributed by atoms with Crippen molar-refractivity contribution in [3.8, 4) is 0 Å². The van der Waals surface area contributed by atoms with Crippen LogP contribution in [0.25, 0.3) is 0 Å². The molecule has 4 nitrogen and oxygen atoms in total. The van der Waals surface area contributed by atoms with Gasteiger partial charge in [-0.05, 0) is 18.9 Å². The van der Waals surface area contributed by atoms with Gasteiger partial charge >= 0.3 is 0 Å². The van der Waals surface area contributed by atoms with E-state index in [4.69, 9.17) is 11.6 Å². The molecule has 0 fully saturated rings. The first-order chi connectivity index (χ1) is 7.51. The third-order valence-corrected chi connectivity index (χ3v) is 2.50. The van der Waals surface area contributed by atoms with Gasteiger partial charge in [-0.3, -0.25) is 10.1 Å². The first-order valence-corrected chi connectivity index (χ1v) is 5.70. The largest absolute Gasteiger partial charge is 0.294 e. The highest BCUT2D eigenvalue weighted by Crippen LogP contribution is 2.11. The number of carbonyl (C=O) groups is 1. The second kappa shape index (κ2) is 5.80. The lowest BCUT2D eigenvalue weighted by Gasteiger charge is -2.08. The van der Waals surface area contributed by atoms with Crippen LogP contribution in [0.5, 0.6) is 0 Å². The van der Waals surface area contributed by atoms with Crippen LogP contribution in [-0.4, -0.2) is 15.9 Å². The summed E-state index contributed by atoms with van der Waals surface area (Å²) in [6.45, 7) is 5.89. The maximum atomic E-state index is 11.6. The summed E-state index contributed by atoms with van der Waals surface area (Å²) in [4.78, 5) is 19.6. The molecule has 16 heavy (non-hydrogen) atoms. The molecular formula is C11H16ClN3O. The fourth-order valence-corrected chi connectivity index (χ4v) is 1.46. The molecule has 0 aromatic carbocycles. The van der Waals surface area contributed by atoms with Gasteiger partial charge in [0.05, 0.1) is 0 Å². The monoisotopic (exact) mass is 241 g/mol. The average molecular weight is 242 g/mol. The van der Waals surface area contributed by atoms with Crippen LogP contribution in [0.15, 0.2) is 6.07 Å². The van der Waals surface area contributed by atoms with E-state index in [0.29, 0.717) is 17.5 Å². The predicted molar refractivity (Wildman–Crippen MR) is 64.5 cm³/mol. The van der Waals surface area contributed by atoms with Crippen molar-refractivity contribution < 1.29 is 4.79 Å². The molecule has 1 N–H and O–H groups in total. The van der Waals surface area contributed by atoms with Gasteiger partial charge in [-0.25, -0.2) is 9.97 Å². The van der Waals surface area contributed by atoms with Crippen molar-refractivity contribution in [2.45, 2.75) is 33.6 Å². The number of nitrogens with zero attached hydrogens (tertiary/aromatic N) is 2. The van der Waals surface area contributed by atoms with Gasteiger partial charge in [0.25, 0.3) is 0 Å². The highest BCUT2D eigenvalue weighted by atomic mass is 35.5. The second-order valence-electron chi connectivity index (χ2n) is 3.92. The average Bonchev–Trinajstić information content (AvgIpc) is 2.15. The van der Waals surface area contributed by atoms with Crippen molar-refractivity contribution in [1.82, 2.24) is 9.97 Å². The summed E-state index contributed by atoms with van der Waals surface area (Å²) in [5, 5.41) is 2.98. The van der Waals surface area contributed by atoms with E-state index in [0.717, 1.165) is 12.1 Å². The minimum atomic E-state index is -0.0731. The zero-order valence-corrected chi connectivity index (χ0v) is 10.5. The molecule has 0 aliphatic rings. The number of anilines is 1. The number of halogens is 1. The molecule has 0 saturated carbocycles. The van der Waals surface area contributed by atoms with Crippen LogP contribution in [0.3, 0.4) is 0 Å². The first kappa shape index (κ1) is 12.9. The Morgan fingerprint density at radius 3 is 2.81 bits per heavy atom. The molecule has 0 bridgehead atoms. The molecule has 0 spiro atoms. The standard InChI is InChI=1S/C11H16ClN3O/c1-4-7(2)5-10(16)15-11-13-8(3)6-9(12)14-11/h6-7H,4-5H2,1-3H3,(H,13,14,15,16). The Hall–Kier alpha value is -1.16. The molecule has 0 saturated heterocycles. The van der Waals surface area contributed by atoms with Crippen molar-refractivity contribution >= 4 is 23.5 Å². The molecule has 0 aliphatic heterocycles. The Morgan fingerprint density at radius 2 is 2.25 bits per heavy atom. The third kappa shape index (κ3) is 4.14. The lowest BCUT2D eigenvalue weighted by Crippen LogP contribution is -2.16. The van der Waals surface area contributed by atoms with Gasteiger partial charge in [-0.15, -0.1) is 0 Å². The van der Waals surface area contributed by atoms with E-state index in [2.05, 4.69) is 22.2 Å². The van der Waals surface area contributed by atoms with E-state index in [9.17, 15) is 4.79 Å². The number of hydrogen-bond acceptors (Lipinski definition) is 3. The maximum Gasteiger partial charge on any atom is 0.231 e. The van der Waals surface area contributed by atoms with Gasteiger partial charge in [-0.1, -0.05) is 31.9 Å². The van der Waals surface area contributed by atoms with E-state index in [1.807, 2.05) is 6.92 Å². The Bertz CT molecular complexity index is 361. The molecule has 88 valence electrons. The zero-order valence-electron chi connectivity index (χ0n) is 9.75. The number of rotatable bonds is 4. The lowest BCUT2D eigenvalue weighted by molar-refractivity contribution is -0.117. The van der Waals surface area contributed by atoms with Crippen molar-refractivity contribution in [2.24, 2.45) is 5.92 Å². The number of amides is 1. The fraction of sp³-hybridized carbons (Fsp3) is 0.545. The predicted octanol–water partition coefficient (Wildman–Crippen LogP) is 2.81. The van der Waals surface area contributed by atoms with Gasteiger partial charge < -0.3 is 0 Å². The Kier molecular flexibility index (Phi) is 4.68. The smallest absolute Gasteiger partial charge is 0.231 e. The van der Waals surface area contributed by atoms with Gasteiger partial charge in [0.2, 0.25) is 11.9 Å². The highest BCUT2D eigenvalue weighted by Gasteiger charge is 2.09. The molecule has 1 heterocycles. The van der Waals surface area contributed by atoms with Gasteiger partial charge in [0.1, 0.15) is 5.15 Å². The number of hydrogen-bond donors (Lipinski definition) is 1. The lowest BCUT2D eigenvalue weighted by atomic mass is 10.1. The van der Waals surface area contributed by atoms with Gasteiger partial charge in [-0.2, -0.15) is 0 Å². The number of aryl methyl sites for hydroxylation is 1. The fourth-order valence-electron chi connectivity index (χ4n) is 1.22. The Morgan fingerprint density at radius 1 is 1.56 bits per heavy atom. The zero-order chi connectivity index (χ0) is 12.1. The van der Waals surface area contributed by atoms with E-state index in [1.54, 1.807) is 13.0 Å². The van der Waals surface area contributed by atoms with Crippen molar-refractivity contribution in [2.75, 3.05) is 5.32 Å². The molecule has 5 heteroatoms. The SMILES string of the molecule is CCC(C)CC(=O)Nc1nc(C)cc(Cl)n1. The summed E-state index contributed by atoms with van der Waals surface area (Å²) < 4.78 is 0. The summed E-state index contributed by atoms with van der Waals surface area (Å²) in [5.41, 5.74) is 0.735. The molecule has 0 radical (unpaired) electrons. The maximum absolute atomic E-state index is 11.6. The summed E-state index contributed by atoms with van der Waals surface area (Å²) >= 11 is 5.76. The van der Waals surface area contributed by atoms with E-state index >= 15 is 0 Å². The Balaban J connectivity index is 2.62. The van der Waals surface area contributed by atoms with E-state index in [-0.39, 0.29) is 11.9 Å². The van der Waals surface area contributed by atoms with Crippen LogP contribution in [-0.2, 0) is 4.79 Å². The molecule has 1 atom stereocenters. The van der Waals surface area contributed by atoms with Crippen LogP contribution < -0.4 is 5.32 Å². The molecule has 0 aliphatic carbocycles. The summed E-state index contributed by atoms with van der Waals surface area (Å²) in [7, 11) is 0. The molecule has 1 unspecified atom stereocenters. The number of nitrogens with one attached hydrogen (secondary N) is 1. The molecular weight excluding hydrogens is 226 g/mol. The van der Waals surface area contributed by atoms with Crippen molar-refractivity contribution in [1.29, 1.82) is 0 Å². The van der Waals surface area contributed by atoms with Gasteiger partial charge in [0.15, 0.2) is 0 Å². The van der Waals surface area contributed by atoms with E-state index < -0.39 is 0 Å². The van der Waals surface area contributed by atoms with Crippen LogP contribution in [0, 0.1) is 12.8 Å². The second-order valence-corrected chi connectivity index (χ2v) is 4.31. The third-order valence-electron chi connectivity index (χ3n) is 2.30. The first-order valence-electron chi connectivity index (χ1n) is 5.32. The minimum absolute atomic E-state index is 0.0731. The van der Waals surface area contributed by atoms with Crippen LogP contribution >= 0.6 is 11.6 Å². The summed E-state index contributed by atoms with van der Waals surface area (Å²) in [6.07, 6.45) is 1.45. The van der Waals surface area contributed by atoms with Crippen molar-refractivity contribution in [3.63, 3.8) is 0 Å². The normalized spacial score (nSPS) is 12.2. The molecule has 1 aromatic rings. The van der Waals surface area contributed by atoms with Gasteiger partial charge in [0, 0.05) is 12.1 Å². The number of carbonyl (C=O) groups excluding carboxylic acids is 1. The van der Waals surface area contributed by atoms with Crippen molar-refractivity contribution in [3.05, 3.63) is 16.9 Å². The molecule has 1 aromatic heterocycles.